The van der Waals surface area contributed by atoms with E-state index in [0.717, 1.165) is 48.0 Å². The summed E-state index contributed by atoms with van der Waals surface area (Å²) in [5, 5.41) is 0. The Hall–Kier alpha value is -2.02. The van der Waals surface area contributed by atoms with E-state index >= 15 is 0 Å². The largest absolute Gasteiger partial charge is 0.343 e. The Labute approximate surface area is 151 Å². The molecule has 1 saturated heterocycles. The summed E-state index contributed by atoms with van der Waals surface area (Å²) < 4.78 is 1.71. The average molecular weight is 360 g/mol. The maximum atomic E-state index is 12.5. The Bertz CT molecular complexity index is 819. The fourth-order valence-corrected chi connectivity index (χ4v) is 4.12. The fraction of sp³-hybridized carbons (Fsp3) is 0.556. The van der Waals surface area contributed by atoms with Crippen LogP contribution in [-0.2, 0) is 11.3 Å². The molecule has 134 valence electrons. The summed E-state index contributed by atoms with van der Waals surface area (Å²) in [5.41, 5.74) is 1.95. The summed E-state index contributed by atoms with van der Waals surface area (Å²) in [6.45, 7) is 7.78. The molecule has 0 saturated carbocycles. The van der Waals surface area contributed by atoms with Crippen molar-refractivity contribution >= 4 is 17.2 Å². The normalized spacial score (nSPS) is 15.6. The van der Waals surface area contributed by atoms with Crippen molar-refractivity contribution in [1.29, 1.82) is 0 Å². The molecule has 3 heterocycles. The molecule has 1 amide bonds. The van der Waals surface area contributed by atoms with Gasteiger partial charge in [-0.2, -0.15) is 0 Å². The summed E-state index contributed by atoms with van der Waals surface area (Å²) in [6.07, 6.45) is 3.97. The number of nitrogens with zero attached hydrogens (tertiary/aromatic N) is 4. The first-order chi connectivity index (χ1) is 12.0. The van der Waals surface area contributed by atoms with E-state index in [4.69, 9.17) is 0 Å². The third-order valence-electron chi connectivity index (χ3n) is 4.95. The van der Waals surface area contributed by atoms with Gasteiger partial charge in [0.15, 0.2) is 0 Å². The zero-order valence-electron chi connectivity index (χ0n) is 15.0. The monoisotopic (exact) mass is 360 g/mol. The van der Waals surface area contributed by atoms with Gasteiger partial charge in [0.25, 0.3) is 0 Å². The molecule has 0 bridgehead atoms. The van der Waals surface area contributed by atoms with E-state index in [9.17, 15) is 9.59 Å². The Morgan fingerprint density at radius 1 is 1.28 bits per heavy atom. The molecule has 3 rings (SSSR count). The van der Waals surface area contributed by atoms with Gasteiger partial charge in [-0.1, -0.05) is 11.3 Å². The number of amides is 1. The van der Waals surface area contributed by atoms with Gasteiger partial charge in [-0.05, 0) is 39.7 Å². The molecule has 0 aromatic carbocycles. The van der Waals surface area contributed by atoms with Crippen molar-refractivity contribution in [3.8, 4) is 0 Å². The average Bonchev–Trinajstić information content (AvgIpc) is 2.85. The van der Waals surface area contributed by atoms with E-state index in [-0.39, 0.29) is 10.8 Å². The second kappa shape index (κ2) is 7.47. The predicted molar refractivity (Wildman–Crippen MR) is 98.0 cm³/mol. The summed E-state index contributed by atoms with van der Waals surface area (Å²) >= 11 is 1.25. The molecule has 0 unspecified atom stereocenters. The molecule has 25 heavy (non-hydrogen) atoms. The van der Waals surface area contributed by atoms with E-state index in [1.807, 2.05) is 31.7 Å². The van der Waals surface area contributed by atoms with E-state index in [2.05, 4.69) is 9.97 Å². The minimum absolute atomic E-state index is 0.0260. The van der Waals surface area contributed by atoms with Crippen LogP contribution in [0, 0.1) is 20.8 Å². The molecule has 1 fully saturated rings. The van der Waals surface area contributed by atoms with Crippen LogP contribution in [0.25, 0.3) is 0 Å². The van der Waals surface area contributed by atoms with Gasteiger partial charge in [-0.25, -0.2) is 9.97 Å². The van der Waals surface area contributed by atoms with Gasteiger partial charge in [0, 0.05) is 54.4 Å². The van der Waals surface area contributed by atoms with Gasteiger partial charge >= 0.3 is 4.87 Å². The molecule has 2 aromatic rings. The van der Waals surface area contributed by atoms with Crippen molar-refractivity contribution in [3.63, 3.8) is 0 Å². The smallest absolute Gasteiger partial charge is 0.307 e. The zero-order chi connectivity index (χ0) is 18.0. The molecule has 0 spiro atoms. The highest BCUT2D eigenvalue weighted by molar-refractivity contribution is 7.09. The van der Waals surface area contributed by atoms with Crippen LogP contribution in [0.15, 0.2) is 17.1 Å². The van der Waals surface area contributed by atoms with Gasteiger partial charge in [-0.3, -0.25) is 9.59 Å². The number of piperidine rings is 1. The molecule has 7 heteroatoms. The van der Waals surface area contributed by atoms with Crippen LogP contribution in [-0.4, -0.2) is 38.4 Å². The molecule has 1 aliphatic rings. The lowest BCUT2D eigenvalue weighted by molar-refractivity contribution is -0.132. The third kappa shape index (κ3) is 3.98. The van der Waals surface area contributed by atoms with Gasteiger partial charge in [0.1, 0.15) is 5.82 Å². The fourth-order valence-electron chi connectivity index (χ4n) is 3.26. The first-order valence-electron chi connectivity index (χ1n) is 8.70. The van der Waals surface area contributed by atoms with Crippen molar-refractivity contribution in [2.24, 2.45) is 0 Å². The number of thiazole rings is 1. The predicted octanol–water partition coefficient (Wildman–Crippen LogP) is 2.42. The summed E-state index contributed by atoms with van der Waals surface area (Å²) in [6, 6.07) is 1.90. The van der Waals surface area contributed by atoms with Gasteiger partial charge in [-0.15, -0.1) is 0 Å². The second-order valence-electron chi connectivity index (χ2n) is 6.62. The Morgan fingerprint density at radius 3 is 2.60 bits per heavy atom. The molecule has 0 aliphatic carbocycles. The number of carbonyl (C=O) groups excluding carboxylic acids is 1. The topological polar surface area (TPSA) is 68.1 Å². The minimum Gasteiger partial charge on any atom is -0.343 e. The van der Waals surface area contributed by atoms with Crippen LogP contribution in [0.2, 0.25) is 0 Å². The molecule has 6 nitrogen and oxygen atoms in total. The van der Waals surface area contributed by atoms with E-state index in [1.54, 1.807) is 10.8 Å². The number of hydrogen-bond donors (Lipinski definition) is 0. The van der Waals surface area contributed by atoms with Crippen LogP contribution >= 0.6 is 11.3 Å². The van der Waals surface area contributed by atoms with Gasteiger partial charge in [0.05, 0.1) is 0 Å². The highest BCUT2D eigenvalue weighted by Crippen LogP contribution is 2.25. The van der Waals surface area contributed by atoms with Gasteiger partial charge < -0.3 is 9.47 Å². The van der Waals surface area contributed by atoms with Crippen molar-refractivity contribution in [2.75, 3.05) is 13.1 Å². The molecular weight excluding hydrogens is 336 g/mol. The maximum Gasteiger partial charge on any atom is 0.307 e. The lowest BCUT2D eigenvalue weighted by Gasteiger charge is -2.31. The lowest BCUT2D eigenvalue weighted by atomic mass is 9.95. The van der Waals surface area contributed by atoms with Crippen LogP contribution in [0.3, 0.4) is 0 Å². The number of carbonyl (C=O) groups is 1. The Balaban J connectivity index is 1.54. The van der Waals surface area contributed by atoms with E-state index < -0.39 is 0 Å². The van der Waals surface area contributed by atoms with Crippen LogP contribution < -0.4 is 4.87 Å². The van der Waals surface area contributed by atoms with E-state index in [1.165, 1.54) is 11.3 Å². The highest BCUT2D eigenvalue weighted by atomic mass is 32.1. The maximum absolute atomic E-state index is 12.5. The molecule has 0 radical (unpaired) electrons. The number of rotatable bonds is 4. The lowest BCUT2D eigenvalue weighted by Crippen LogP contribution is -2.38. The van der Waals surface area contributed by atoms with Crippen molar-refractivity contribution in [2.45, 2.75) is 52.5 Å². The van der Waals surface area contributed by atoms with Crippen LogP contribution in [0.5, 0.6) is 0 Å². The standard InChI is InChI=1S/C18H24N4O2S/c1-12-4-8-19-17(20-12)15-5-9-21(10-6-15)16(23)7-11-22-13(2)14(3)25-18(22)24/h4,8,15H,5-7,9-11H2,1-3H3. The molecular formula is C18H24N4O2S. The Morgan fingerprint density at radius 2 is 2.00 bits per heavy atom. The summed E-state index contributed by atoms with van der Waals surface area (Å²) in [7, 11) is 0. The molecule has 0 atom stereocenters. The number of hydrogen-bond acceptors (Lipinski definition) is 5. The highest BCUT2D eigenvalue weighted by Gasteiger charge is 2.25. The summed E-state index contributed by atoms with van der Waals surface area (Å²) in [5.74, 6) is 1.34. The van der Waals surface area contributed by atoms with Gasteiger partial charge in [0.2, 0.25) is 5.91 Å². The van der Waals surface area contributed by atoms with Crippen LogP contribution in [0.1, 0.15) is 47.3 Å². The number of aromatic nitrogens is 3. The quantitative estimate of drug-likeness (QED) is 0.840. The molecule has 1 aliphatic heterocycles. The molecule has 2 aromatic heterocycles. The number of aryl methyl sites for hydroxylation is 2. The second-order valence-corrected chi connectivity index (χ2v) is 7.79. The molecule has 0 N–H and O–H groups in total. The van der Waals surface area contributed by atoms with Crippen molar-refractivity contribution < 1.29 is 4.79 Å². The number of likely N-dealkylation sites (tertiary alicyclic amines) is 1. The first kappa shape index (κ1) is 17.8. The minimum atomic E-state index is 0.0260. The summed E-state index contributed by atoms with van der Waals surface area (Å²) in [4.78, 5) is 36.3. The zero-order valence-corrected chi connectivity index (χ0v) is 15.8. The van der Waals surface area contributed by atoms with E-state index in [0.29, 0.717) is 18.9 Å². The third-order valence-corrected chi connectivity index (χ3v) is 5.95. The van der Waals surface area contributed by atoms with Crippen LogP contribution in [0.4, 0.5) is 0 Å². The van der Waals surface area contributed by atoms with Crippen molar-refractivity contribution in [3.05, 3.63) is 44.0 Å². The van der Waals surface area contributed by atoms with Crippen molar-refractivity contribution in [1.82, 2.24) is 19.4 Å². The Kier molecular flexibility index (Phi) is 5.32. The SMILES string of the molecule is Cc1ccnc(C2CCN(C(=O)CCn3c(C)c(C)sc3=O)CC2)n1. The first-order valence-corrected chi connectivity index (χ1v) is 9.51.